The van der Waals surface area contributed by atoms with Crippen molar-refractivity contribution < 1.29 is 14.0 Å². The van der Waals surface area contributed by atoms with Crippen molar-refractivity contribution in [2.24, 2.45) is 4.99 Å². The zero-order valence-electron chi connectivity index (χ0n) is 17.0. The Bertz CT molecular complexity index is 1390. The van der Waals surface area contributed by atoms with E-state index in [0.717, 1.165) is 0 Å². The van der Waals surface area contributed by atoms with Gasteiger partial charge in [0.15, 0.2) is 0 Å². The second kappa shape index (κ2) is 7.73. The molecule has 8 heteroatoms. The number of para-hydroxylation sites is 1. The molecule has 5 rings (SSSR count). The van der Waals surface area contributed by atoms with Crippen LogP contribution in [0.5, 0.6) is 0 Å². The van der Waals surface area contributed by atoms with Gasteiger partial charge in [-0.25, -0.2) is 14.4 Å². The molecular weight excluding hydrogens is 409 g/mol. The van der Waals surface area contributed by atoms with Gasteiger partial charge >= 0.3 is 0 Å². The maximum atomic E-state index is 14.7. The van der Waals surface area contributed by atoms with E-state index in [2.05, 4.69) is 20.3 Å². The van der Waals surface area contributed by atoms with Crippen LogP contribution in [0.1, 0.15) is 21.5 Å². The third-order valence-electron chi connectivity index (χ3n) is 5.44. The van der Waals surface area contributed by atoms with Gasteiger partial charge in [0.05, 0.1) is 17.0 Å². The van der Waals surface area contributed by atoms with Crippen molar-refractivity contribution in [3.63, 3.8) is 0 Å². The molecule has 0 fully saturated rings. The Kier molecular flexibility index (Phi) is 4.74. The summed E-state index contributed by atoms with van der Waals surface area (Å²) < 4.78 is 14.7. The van der Waals surface area contributed by atoms with Gasteiger partial charge in [0.1, 0.15) is 11.5 Å². The van der Waals surface area contributed by atoms with E-state index in [0.29, 0.717) is 33.6 Å². The molecule has 0 bridgehead atoms. The van der Waals surface area contributed by atoms with Gasteiger partial charge in [-0.05, 0) is 30.3 Å². The number of carbonyl (C=O) groups excluding carboxylic acids is 2. The Morgan fingerprint density at radius 1 is 1.06 bits per heavy atom. The van der Waals surface area contributed by atoms with E-state index < -0.39 is 23.8 Å². The number of aromatic nitrogens is 2. The third kappa shape index (κ3) is 3.22. The minimum absolute atomic E-state index is 0.249. The molecule has 2 amide bonds. The van der Waals surface area contributed by atoms with E-state index >= 15 is 0 Å². The molecule has 0 saturated carbocycles. The lowest BCUT2D eigenvalue weighted by Gasteiger charge is -2.21. The van der Waals surface area contributed by atoms with Crippen molar-refractivity contribution >= 4 is 34.2 Å². The van der Waals surface area contributed by atoms with Crippen LogP contribution in [0.3, 0.4) is 0 Å². The molecule has 1 aliphatic rings. The van der Waals surface area contributed by atoms with Crippen molar-refractivity contribution in [1.82, 2.24) is 15.3 Å². The molecule has 3 heterocycles. The molecule has 7 nitrogen and oxygen atoms in total. The summed E-state index contributed by atoms with van der Waals surface area (Å²) in [6.45, 7) is 0. The number of aliphatic imine (C=N–C) groups is 1. The highest BCUT2D eigenvalue weighted by Crippen LogP contribution is 2.28. The van der Waals surface area contributed by atoms with Crippen LogP contribution in [-0.2, 0) is 4.79 Å². The number of likely N-dealkylation sites (N-methyl/N-ethyl adjacent to an activating group) is 1. The average Bonchev–Trinajstić information content (AvgIpc) is 3.27. The van der Waals surface area contributed by atoms with Crippen LogP contribution < -0.4 is 10.2 Å². The number of carbonyl (C=O) groups is 2. The molecule has 2 aromatic heterocycles. The molecule has 2 N–H and O–H groups in total. The van der Waals surface area contributed by atoms with Gasteiger partial charge < -0.3 is 15.2 Å². The smallest absolute Gasteiger partial charge is 0.272 e. The van der Waals surface area contributed by atoms with Gasteiger partial charge in [-0.1, -0.05) is 30.3 Å². The molecule has 1 unspecified atom stereocenters. The molecule has 1 aliphatic heterocycles. The molecular formula is C24H18FN5O2. The lowest BCUT2D eigenvalue weighted by molar-refractivity contribution is -0.119. The van der Waals surface area contributed by atoms with Crippen molar-refractivity contribution in [2.45, 2.75) is 6.17 Å². The van der Waals surface area contributed by atoms with Crippen LogP contribution in [0.25, 0.3) is 11.0 Å². The first-order valence-electron chi connectivity index (χ1n) is 9.97. The molecule has 1 atom stereocenters. The first kappa shape index (κ1) is 19.6. The summed E-state index contributed by atoms with van der Waals surface area (Å²) in [6, 6.07) is 16.7. The van der Waals surface area contributed by atoms with Crippen LogP contribution in [0.4, 0.5) is 10.1 Å². The lowest BCUT2D eigenvalue weighted by Crippen LogP contribution is -2.46. The molecule has 4 aromatic rings. The number of amides is 2. The van der Waals surface area contributed by atoms with Gasteiger partial charge in [-0.15, -0.1) is 0 Å². The number of anilines is 1. The standard InChI is InChI=1S/C24H18FN5O2/c1-30-19-9-5-3-7-17(19)20(16-6-2-4-8-18(16)25)28-22(24(30)32)29-23(31)15-11-13-27-21-14(15)10-12-26-21/h2-13,22H,1H3,(H,26,27)(H,29,31). The fourth-order valence-electron chi connectivity index (χ4n) is 3.85. The zero-order valence-corrected chi connectivity index (χ0v) is 17.0. The monoisotopic (exact) mass is 427 g/mol. The maximum Gasteiger partial charge on any atom is 0.272 e. The van der Waals surface area contributed by atoms with Crippen LogP contribution in [0.2, 0.25) is 0 Å². The minimum atomic E-state index is -1.24. The Morgan fingerprint density at radius 3 is 2.62 bits per heavy atom. The molecule has 32 heavy (non-hydrogen) atoms. The quantitative estimate of drug-likeness (QED) is 0.526. The summed E-state index contributed by atoms with van der Waals surface area (Å²) in [6.07, 6.45) is 1.96. The summed E-state index contributed by atoms with van der Waals surface area (Å²) in [5.41, 5.74) is 2.64. The number of hydrogen-bond donors (Lipinski definition) is 2. The van der Waals surface area contributed by atoms with Crippen LogP contribution in [0, 0.1) is 5.82 Å². The number of rotatable bonds is 3. The third-order valence-corrected chi connectivity index (χ3v) is 5.44. The van der Waals surface area contributed by atoms with Crippen LogP contribution in [-0.4, -0.2) is 40.7 Å². The Hall–Kier alpha value is -4.33. The van der Waals surface area contributed by atoms with Crippen molar-refractivity contribution in [3.05, 3.63) is 95.6 Å². The number of hydrogen-bond acceptors (Lipinski definition) is 4. The Morgan fingerprint density at radius 2 is 1.81 bits per heavy atom. The van der Waals surface area contributed by atoms with Gasteiger partial charge in [-0.3, -0.25) is 9.59 Å². The molecule has 2 aromatic carbocycles. The molecule has 0 radical (unpaired) electrons. The van der Waals surface area contributed by atoms with Crippen molar-refractivity contribution in [2.75, 3.05) is 11.9 Å². The van der Waals surface area contributed by atoms with E-state index in [1.54, 1.807) is 67.8 Å². The van der Waals surface area contributed by atoms with E-state index in [1.807, 2.05) is 0 Å². The minimum Gasteiger partial charge on any atom is -0.346 e. The largest absolute Gasteiger partial charge is 0.346 e. The summed E-state index contributed by atoms with van der Waals surface area (Å²) in [4.78, 5) is 39.5. The molecule has 0 spiro atoms. The summed E-state index contributed by atoms with van der Waals surface area (Å²) in [5.74, 6) is -1.38. The number of pyridine rings is 1. The van der Waals surface area contributed by atoms with Gasteiger partial charge in [0, 0.05) is 36.0 Å². The maximum absolute atomic E-state index is 14.7. The summed E-state index contributed by atoms with van der Waals surface area (Å²) in [7, 11) is 1.61. The second-order valence-electron chi connectivity index (χ2n) is 7.35. The molecule has 0 saturated heterocycles. The topological polar surface area (TPSA) is 90.5 Å². The number of aromatic amines is 1. The van der Waals surface area contributed by atoms with E-state index in [4.69, 9.17) is 0 Å². The Labute approximate surface area is 182 Å². The number of nitrogens with one attached hydrogen (secondary N) is 2. The van der Waals surface area contributed by atoms with Crippen LogP contribution in [0.15, 0.2) is 78.0 Å². The second-order valence-corrected chi connectivity index (χ2v) is 7.35. The van der Waals surface area contributed by atoms with Crippen molar-refractivity contribution in [1.29, 1.82) is 0 Å². The highest BCUT2D eigenvalue weighted by Gasteiger charge is 2.32. The number of H-pyrrole nitrogens is 1. The molecule has 158 valence electrons. The highest BCUT2D eigenvalue weighted by molar-refractivity contribution is 6.20. The van der Waals surface area contributed by atoms with Gasteiger partial charge in [-0.2, -0.15) is 0 Å². The first-order chi connectivity index (χ1) is 15.5. The SMILES string of the molecule is CN1C(=O)C(NC(=O)c2ccnc3[nH]ccc23)N=C(c2ccccc2F)c2ccccc21. The van der Waals surface area contributed by atoms with Crippen LogP contribution >= 0.6 is 0 Å². The lowest BCUT2D eigenvalue weighted by atomic mass is 10.00. The average molecular weight is 427 g/mol. The van der Waals surface area contributed by atoms with E-state index in [1.165, 1.54) is 17.2 Å². The number of benzodiazepines with no additional fused rings is 1. The summed E-state index contributed by atoms with van der Waals surface area (Å²) in [5, 5.41) is 3.34. The normalized spacial score (nSPS) is 15.8. The van der Waals surface area contributed by atoms with Gasteiger partial charge in [0.2, 0.25) is 6.17 Å². The predicted molar refractivity (Wildman–Crippen MR) is 119 cm³/mol. The highest BCUT2D eigenvalue weighted by atomic mass is 19.1. The first-order valence-corrected chi connectivity index (χ1v) is 9.97. The van der Waals surface area contributed by atoms with Crippen molar-refractivity contribution in [3.8, 4) is 0 Å². The zero-order chi connectivity index (χ0) is 22.2. The fourth-order valence-corrected chi connectivity index (χ4v) is 3.85. The molecule has 0 aliphatic carbocycles. The van der Waals surface area contributed by atoms with E-state index in [9.17, 15) is 14.0 Å². The van der Waals surface area contributed by atoms with Gasteiger partial charge in [0.25, 0.3) is 11.8 Å². The number of halogens is 1. The fraction of sp³-hybridized carbons (Fsp3) is 0.0833. The predicted octanol–water partition coefficient (Wildman–Crippen LogP) is 3.27. The Balaban J connectivity index is 1.61. The number of nitrogens with zero attached hydrogens (tertiary/aromatic N) is 3. The number of benzene rings is 2. The summed E-state index contributed by atoms with van der Waals surface area (Å²) >= 11 is 0. The van der Waals surface area contributed by atoms with E-state index in [-0.39, 0.29) is 5.56 Å². The number of fused-ring (bicyclic) bond motifs is 2.